The van der Waals surface area contributed by atoms with Gasteiger partial charge in [-0.15, -0.1) is 0 Å². The van der Waals surface area contributed by atoms with E-state index in [1.807, 2.05) is 31.2 Å². The summed E-state index contributed by atoms with van der Waals surface area (Å²) in [6.45, 7) is 2.82. The maximum Gasteiger partial charge on any atom is 0.230 e. The summed E-state index contributed by atoms with van der Waals surface area (Å²) in [5.41, 5.74) is 0.965. The molecule has 0 fully saturated rings. The fourth-order valence-corrected chi connectivity index (χ4v) is 2.61. The molecule has 1 N–H and O–H groups in total. The number of rotatable bonds is 3. The number of ether oxygens (including phenoxy) is 1. The van der Waals surface area contributed by atoms with Gasteiger partial charge in [0.15, 0.2) is 5.82 Å². The van der Waals surface area contributed by atoms with E-state index >= 15 is 0 Å². The highest BCUT2D eigenvalue weighted by atomic mass is 16.5. The number of benzene rings is 1. The number of amides is 1. The van der Waals surface area contributed by atoms with Gasteiger partial charge in [0.1, 0.15) is 11.6 Å². The second-order valence-corrected chi connectivity index (χ2v) is 5.26. The monoisotopic (exact) mass is 286 g/mol. The lowest BCUT2D eigenvalue weighted by Gasteiger charge is -2.28. The van der Waals surface area contributed by atoms with Crippen molar-refractivity contribution >= 4 is 5.91 Å². The van der Waals surface area contributed by atoms with Crippen molar-refractivity contribution in [1.29, 1.82) is 0 Å². The Morgan fingerprint density at radius 2 is 2.29 bits per heavy atom. The lowest BCUT2D eigenvalue weighted by atomic mass is 9.92. The third-order valence-corrected chi connectivity index (χ3v) is 3.65. The van der Waals surface area contributed by atoms with Crippen molar-refractivity contribution in [2.75, 3.05) is 13.7 Å². The molecular formula is C15H18N4O2. The average Bonchev–Trinajstić information content (AvgIpc) is 2.91. The summed E-state index contributed by atoms with van der Waals surface area (Å²) in [4.78, 5) is 18.6. The van der Waals surface area contributed by atoms with Gasteiger partial charge in [0, 0.05) is 12.6 Å². The molecule has 1 aliphatic heterocycles. The van der Waals surface area contributed by atoms with Crippen LogP contribution in [0, 0.1) is 6.92 Å². The fourth-order valence-electron chi connectivity index (χ4n) is 2.61. The van der Waals surface area contributed by atoms with Crippen LogP contribution in [0.2, 0.25) is 0 Å². The van der Waals surface area contributed by atoms with Gasteiger partial charge in [0.2, 0.25) is 5.91 Å². The molecule has 1 unspecified atom stereocenters. The predicted octanol–water partition coefficient (Wildman–Crippen LogP) is 1.64. The molecule has 0 spiro atoms. The normalized spacial score (nSPS) is 17.0. The molecule has 3 rings (SSSR count). The van der Waals surface area contributed by atoms with E-state index in [-0.39, 0.29) is 11.8 Å². The first-order chi connectivity index (χ1) is 10.1. The summed E-state index contributed by atoms with van der Waals surface area (Å²) in [5, 5.41) is 6.86. The minimum absolute atomic E-state index is 0.0770. The predicted molar refractivity (Wildman–Crippen MR) is 76.9 cm³/mol. The molecular weight excluding hydrogens is 268 g/mol. The van der Waals surface area contributed by atoms with Gasteiger partial charge in [0.25, 0.3) is 0 Å². The van der Waals surface area contributed by atoms with Gasteiger partial charge in [-0.1, -0.05) is 18.2 Å². The van der Waals surface area contributed by atoms with Gasteiger partial charge in [-0.2, -0.15) is 5.10 Å². The fraction of sp³-hybridized carbons (Fsp3) is 0.400. The van der Waals surface area contributed by atoms with E-state index in [0.717, 1.165) is 17.1 Å². The van der Waals surface area contributed by atoms with Crippen molar-refractivity contribution in [3.8, 4) is 5.75 Å². The van der Waals surface area contributed by atoms with Crippen LogP contribution in [0.1, 0.15) is 29.6 Å². The zero-order chi connectivity index (χ0) is 14.8. The molecule has 2 aromatic rings. The Morgan fingerprint density at radius 1 is 1.48 bits per heavy atom. The van der Waals surface area contributed by atoms with Crippen molar-refractivity contribution in [2.45, 2.75) is 25.8 Å². The molecule has 6 heteroatoms. The molecule has 1 atom stereocenters. The molecule has 0 aliphatic carbocycles. The van der Waals surface area contributed by atoms with Crippen molar-refractivity contribution in [3.63, 3.8) is 0 Å². The van der Waals surface area contributed by atoms with Crippen LogP contribution < -0.4 is 4.74 Å². The van der Waals surface area contributed by atoms with Gasteiger partial charge in [-0.05, 0) is 19.4 Å². The Balaban J connectivity index is 1.76. The average molecular weight is 286 g/mol. The summed E-state index contributed by atoms with van der Waals surface area (Å²) in [5.74, 6) is 2.11. The number of likely N-dealkylation sites (N-methyl/N-ethyl adjacent to an activating group) is 1. The van der Waals surface area contributed by atoms with E-state index < -0.39 is 0 Å². The zero-order valence-corrected chi connectivity index (χ0v) is 12.2. The quantitative estimate of drug-likeness (QED) is 0.931. The summed E-state index contributed by atoms with van der Waals surface area (Å²) in [6, 6.07) is 7.73. The topological polar surface area (TPSA) is 71.1 Å². The molecule has 21 heavy (non-hydrogen) atoms. The molecule has 110 valence electrons. The van der Waals surface area contributed by atoms with Crippen LogP contribution in [-0.2, 0) is 11.3 Å². The van der Waals surface area contributed by atoms with Gasteiger partial charge >= 0.3 is 0 Å². The molecule has 6 nitrogen and oxygen atoms in total. The van der Waals surface area contributed by atoms with Crippen LogP contribution in [0.3, 0.4) is 0 Å². The van der Waals surface area contributed by atoms with Crippen LogP contribution in [0.15, 0.2) is 24.3 Å². The number of aryl methyl sites for hydroxylation is 1. The van der Waals surface area contributed by atoms with E-state index in [4.69, 9.17) is 4.74 Å². The second kappa shape index (κ2) is 5.55. The first-order valence-electron chi connectivity index (χ1n) is 6.99. The zero-order valence-electron chi connectivity index (χ0n) is 12.2. The smallest absolute Gasteiger partial charge is 0.230 e. The highest BCUT2D eigenvalue weighted by Crippen LogP contribution is 2.34. The van der Waals surface area contributed by atoms with Crippen LogP contribution in [-0.4, -0.2) is 39.6 Å². The Labute approximate surface area is 123 Å². The number of para-hydroxylation sites is 1. The summed E-state index contributed by atoms with van der Waals surface area (Å²) >= 11 is 0. The third-order valence-electron chi connectivity index (χ3n) is 3.65. The standard InChI is InChI=1S/C15H18N4O2/c1-10-16-14(18-17-10)9-19(2)15(20)12-7-8-21-13-6-4-3-5-11(12)13/h3-6,12H,7-9H2,1-2H3,(H,16,17,18). The maximum absolute atomic E-state index is 12.7. The largest absolute Gasteiger partial charge is 0.493 e. The number of nitrogens with one attached hydrogen (secondary N) is 1. The first kappa shape index (κ1) is 13.6. The summed E-state index contributed by atoms with van der Waals surface area (Å²) in [7, 11) is 1.78. The van der Waals surface area contributed by atoms with Gasteiger partial charge in [-0.25, -0.2) is 4.98 Å². The van der Waals surface area contributed by atoms with E-state index in [1.165, 1.54) is 0 Å². The number of hydrogen-bond acceptors (Lipinski definition) is 4. The molecule has 1 amide bonds. The molecule has 0 saturated heterocycles. The van der Waals surface area contributed by atoms with Crippen molar-refractivity contribution < 1.29 is 9.53 Å². The molecule has 0 bridgehead atoms. The van der Waals surface area contributed by atoms with Crippen LogP contribution >= 0.6 is 0 Å². The van der Waals surface area contributed by atoms with Gasteiger partial charge in [-0.3, -0.25) is 9.89 Å². The minimum atomic E-state index is -0.153. The van der Waals surface area contributed by atoms with Gasteiger partial charge in [0.05, 0.1) is 19.1 Å². The Kier molecular flexibility index (Phi) is 3.60. The van der Waals surface area contributed by atoms with Crippen LogP contribution in [0.5, 0.6) is 5.75 Å². The number of aromatic nitrogens is 3. The molecule has 2 heterocycles. The Hall–Kier alpha value is -2.37. The highest BCUT2D eigenvalue weighted by Gasteiger charge is 2.29. The number of nitrogens with zero attached hydrogens (tertiary/aromatic N) is 3. The number of carbonyl (C=O) groups is 1. The van der Waals surface area contributed by atoms with E-state index in [1.54, 1.807) is 11.9 Å². The maximum atomic E-state index is 12.7. The molecule has 0 radical (unpaired) electrons. The lowest BCUT2D eigenvalue weighted by molar-refractivity contribution is -0.132. The van der Waals surface area contributed by atoms with E-state index in [0.29, 0.717) is 25.4 Å². The molecule has 1 aromatic carbocycles. The molecule has 1 aromatic heterocycles. The van der Waals surface area contributed by atoms with E-state index in [9.17, 15) is 4.79 Å². The Morgan fingerprint density at radius 3 is 3.05 bits per heavy atom. The van der Waals surface area contributed by atoms with Crippen molar-refractivity contribution in [2.24, 2.45) is 0 Å². The number of H-pyrrole nitrogens is 1. The third kappa shape index (κ3) is 2.74. The SMILES string of the molecule is Cc1nc(CN(C)C(=O)C2CCOc3ccccc32)n[nH]1. The summed E-state index contributed by atoms with van der Waals surface area (Å²) < 4.78 is 5.60. The second-order valence-electron chi connectivity index (χ2n) is 5.26. The lowest BCUT2D eigenvalue weighted by Crippen LogP contribution is -2.34. The number of aromatic amines is 1. The van der Waals surface area contributed by atoms with Crippen LogP contribution in [0.4, 0.5) is 0 Å². The van der Waals surface area contributed by atoms with Crippen LogP contribution in [0.25, 0.3) is 0 Å². The van der Waals surface area contributed by atoms with Crippen molar-refractivity contribution in [3.05, 3.63) is 41.5 Å². The molecule has 0 saturated carbocycles. The highest BCUT2D eigenvalue weighted by molar-refractivity contribution is 5.84. The van der Waals surface area contributed by atoms with Crippen molar-refractivity contribution in [1.82, 2.24) is 20.1 Å². The minimum Gasteiger partial charge on any atom is -0.493 e. The number of hydrogen-bond donors (Lipinski definition) is 1. The number of carbonyl (C=O) groups excluding carboxylic acids is 1. The molecule has 1 aliphatic rings. The first-order valence-corrected chi connectivity index (χ1v) is 6.99. The Bertz CT molecular complexity index is 653. The summed E-state index contributed by atoms with van der Waals surface area (Å²) in [6.07, 6.45) is 0.702. The van der Waals surface area contributed by atoms with Gasteiger partial charge < -0.3 is 9.64 Å². The number of fused-ring (bicyclic) bond motifs is 1. The van der Waals surface area contributed by atoms with E-state index in [2.05, 4.69) is 15.2 Å².